The molecule has 0 unspecified atom stereocenters. The lowest BCUT2D eigenvalue weighted by molar-refractivity contribution is -0.133. The molecule has 0 atom stereocenters. The highest BCUT2D eigenvalue weighted by atomic mass is 16.4. The Morgan fingerprint density at radius 2 is 1.76 bits per heavy atom. The molecule has 0 aromatic rings. The van der Waals surface area contributed by atoms with Crippen LogP contribution in [0.15, 0.2) is 11.1 Å². The third kappa shape index (κ3) is 4.21. The largest absolute Gasteiger partial charge is 0.478 e. The van der Waals surface area contributed by atoms with Crippen molar-refractivity contribution in [2.75, 3.05) is 6.54 Å². The number of carboxylic acids is 1. The zero-order valence-electron chi connectivity index (χ0n) is 10.6. The molecule has 96 valence electrons. The number of aliphatic carboxylic acids is 1. The van der Waals surface area contributed by atoms with Crippen molar-refractivity contribution in [3.63, 3.8) is 0 Å². The Balaban J connectivity index is 2.33. The molecule has 1 amide bonds. The van der Waals surface area contributed by atoms with Crippen molar-refractivity contribution in [2.24, 2.45) is 5.92 Å². The number of hydrogen-bond donors (Lipinski definition) is 2. The first kappa shape index (κ1) is 13.7. The van der Waals surface area contributed by atoms with Gasteiger partial charge in [-0.25, -0.2) is 4.79 Å². The van der Waals surface area contributed by atoms with Crippen molar-refractivity contribution < 1.29 is 14.7 Å². The van der Waals surface area contributed by atoms with Crippen LogP contribution in [-0.4, -0.2) is 23.5 Å². The summed E-state index contributed by atoms with van der Waals surface area (Å²) < 4.78 is 0. The lowest BCUT2D eigenvalue weighted by atomic mass is 10.0. The van der Waals surface area contributed by atoms with Gasteiger partial charge in [0, 0.05) is 17.7 Å². The van der Waals surface area contributed by atoms with Gasteiger partial charge in [0.25, 0.3) is 0 Å². The molecule has 1 rings (SSSR count). The molecule has 4 heteroatoms. The molecule has 17 heavy (non-hydrogen) atoms. The number of hydrogen-bond acceptors (Lipinski definition) is 2. The quantitative estimate of drug-likeness (QED) is 0.722. The molecule has 0 aromatic heterocycles. The van der Waals surface area contributed by atoms with E-state index in [4.69, 9.17) is 5.11 Å². The van der Waals surface area contributed by atoms with Gasteiger partial charge in [0.15, 0.2) is 0 Å². The summed E-state index contributed by atoms with van der Waals surface area (Å²) in [6.45, 7) is 3.65. The monoisotopic (exact) mass is 239 g/mol. The van der Waals surface area contributed by atoms with Gasteiger partial charge in [0.1, 0.15) is 0 Å². The maximum atomic E-state index is 11.6. The van der Waals surface area contributed by atoms with Crippen LogP contribution >= 0.6 is 0 Å². The van der Waals surface area contributed by atoms with Crippen LogP contribution in [0, 0.1) is 5.92 Å². The zero-order valence-corrected chi connectivity index (χ0v) is 10.6. The molecule has 0 heterocycles. The SMILES string of the molecule is CC(C(=O)O)=C(C)C(=O)NCCC1CCCC1. The minimum Gasteiger partial charge on any atom is -0.478 e. The Bertz CT molecular complexity index is 328. The minimum absolute atomic E-state index is 0.114. The molecule has 2 N–H and O–H groups in total. The average Bonchev–Trinajstić information content (AvgIpc) is 2.79. The van der Waals surface area contributed by atoms with Crippen molar-refractivity contribution in [1.29, 1.82) is 0 Å². The van der Waals surface area contributed by atoms with Crippen LogP contribution in [0.25, 0.3) is 0 Å². The fraction of sp³-hybridized carbons (Fsp3) is 0.692. The zero-order chi connectivity index (χ0) is 12.8. The molecular weight excluding hydrogens is 218 g/mol. The summed E-state index contributed by atoms with van der Waals surface area (Å²) in [5, 5.41) is 11.5. The first-order chi connectivity index (χ1) is 8.02. The van der Waals surface area contributed by atoms with Gasteiger partial charge in [-0.15, -0.1) is 0 Å². The van der Waals surface area contributed by atoms with Gasteiger partial charge in [0.2, 0.25) is 5.91 Å². The van der Waals surface area contributed by atoms with E-state index in [1.54, 1.807) is 6.92 Å². The predicted octanol–water partition coefficient (Wildman–Crippen LogP) is 2.10. The van der Waals surface area contributed by atoms with Crippen LogP contribution in [0.4, 0.5) is 0 Å². The Morgan fingerprint density at radius 1 is 1.18 bits per heavy atom. The Morgan fingerprint density at radius 3 is 2.29 bits per heavy atom. The predicted molar refractivity (Wildman–Crippen MR) is 65.6 cm³/mol. The smallest absolute Gasteiger partial charge is 0.331 e. The number of amides is 1. The molecule has 0 aliphatic heterocycles. The molecule has 0 spiro atoms. The summed E-state index contributed by atoms with van der Waals surface area (Å²) in [5.74, 6) is -0.559. The fourth-order valence-electron chi connectivity index (χ4n) is 2.15. The van der Waals surface area contributed by atoms with Crippen LogP contribution in [0.1, 0.15) is 46.0 Å². The van der Waals surface area contributed by atoms with Gasteiger partial charge in [-0.2, -0.15) is 0 Å². The number of carbonyl (C=O) groups excluding carboxylic acids is 1. The summed E-state index contributed by atoms with van der Waals surface area (Å²) in [5.41, 5.74) is 0.410. The van der Waals surface area contributed by atoms with E-state index in [9.17, 15) is 9.59 Å². The molecule has 1 aliphatic rings. The topological polar surface area (TPSA) is 66.4 Å². The highest BCUT2D eigenvalue weighted by Crippen LogP contribution is 2.26. The van der Waals surface area contributed by atoms with Crippen LogP contribution in [-0.2, 0) is 9.59 Å². The van der Waals surface area contributed by atoms with Crippen LogP contribution in [0.3, 0.4) is 0 Å². The van der Waals surface area contributed by atoms with E-state index in [0.717, 1.165) is 12.3 Å². The van der Waals surface area contributed by atoms with Crippen molar-refractivity contribution in [2.45, 2.75) is 46.0 Å². The minimum atomic E-state index is -1.03. The summed E-state index contributed by atoms with van der Waals surface area (Å²) in [7, 11) is 0. The summed E-state index contributed by atoms with van der Waals surface area (Å²) in [6.07, 6.45) is 6.13. The van der Waals surface area contributed by atoms with E-state index < -0.39 is 5.97 Å². The van der Waals surface area contributed by atoms with E-state index in [2.05, 4.69) is 5.32 Å². The number of nitrogens with one attached hydrogen (secondary N) is 1. The highest BCUT2D eigenvalue weighted by Gasteiger charge is 2.16. The lowest BCUT2D eigenvalue weighted by Crippen LogP contribution is -2.27. The number of rotatable bonds is 5. The van der Waals surface area contributed by atoms with Crippen LogP contribution < -0.4 is 5.32 Å². The van der Waals surface area contributed by atoms with E-state index in [-0.39, 0.29) is 11.5 Å². The summed E-state index contributed by atoms with van der Waals surface area (Å²) in [6, 6.07) is 0. The first-order valence-electron chi connectivity index (χ1n) is 6.21. The normalized spacial score (nSPS) is 17.8. The van der Waals surface area contributed by atoms with E-state index >= 15 is 0 Å². The van der Waals surface area contributed by atoms with Gasteiger partial charge < -0.3 is 10.4 Å². The van der Waals surface area contributed by atoms with Crippen molar-refractivity contribution in [1.82, 2.24) is 5.32 Å². The maximum Gasteiger partial charge on any atom is 0.331 e. The summed E-state index contributed by atoms with van der Waals surface area (Å²) in [4.78, 5) is 22.3. The molecule has 0 saturated heterocycles. The lowest BCUT2D eigenvalue weighted by Gasteiger charge is -2.10. The van der Waals surface area contributed by atoms with Gasteiger partial charge in [-0.1, -0.05) is 25.7 Å². The standard InChI is InChI=1S/C13H21NO3/c1-9(10(2)13(16)17)12(15)14-8-7-11-5-3-4-6-11/h11H,3-8H2,1-2H3,(H,14,15)(H,16,17). The Labute approximate surface area is 102 Å². The van der Waals surface area contributed by atoms with E-state index in [1.165, 1.54) is 32.6 Å². The van der Waals surface area contributed by atoms with Crippen LogP contribution in [0.2, 0.25) is 0 Å². The third-order valence-electron chi connectivity index (χ3n) is 3.54. The molecule has 1 fully saturated rings. The highest BCUT2D eigenvalue weighted by molar-refractivity contribution is 6.01. The fourth-order valence-corrected chi connectivity index (χ4v) is 2.15. The summed E-state index contributed by atoms with van der Waals surface area (Å²) >= 11 is 0. The molecule has 1 aliphatic carbocycles. The molecule has 0 radical (unpaired) electrons. The van der Waals surface area contributed by atoms with Gasteiger partial charge in [-0.05, 0) is 26.2 Å². The molecule has 0 bridgehead atoms. The second-order valence-electron chi connectivity index (χ2n) is 4.75. The third-order valence-corrected chi connectivity index (χ3v) is 3.54. The van der Waals surface area contributed by atoms with Crippen molar-refractivity contribution in [3.8, 4) is 0 Å². The van der Waals surface area contributed by atoms with Gasteiger partial charge in [-0.3, -0.25) is 4.79 Å². The number of carboxylic acid groups (broad SMARTS) is 1. The maximum absolute atomic E-state index is 11.6. The second kappa shape index (κ2) is 6.42. The van der Waals surface area contributed by atoms with E-state index in [0.29, 0.717) is 12.1 Å². The first-order valence-corrected chi connectivity index (χ1v) is 6.21. The molecular formula is C13H21NO3. The van der Waals surface area contributed by atoms with Crippen LogP contribution in [0.5, 0.6) is 0 Å². The molecule has 4 nitrogen and oxygen atoms in total. The van der Waals surface area contributed by atoms with Gasteiger partial charge in [0.05, 0.1) is 0 Å². The Kier molecular flexibility index (Phi) is 5.19. The van der Waals surface area contributed by atoms with Crippen molar-refractivity contribution >= 4 is 11.9 Å². The molecule has 1 saturated carbocycles. The Hall–Kier alpha value is -1.32. The molecule has 0 aromatic carbocycles. The number of carbonyl (C=O) groups is 2. The average molecular weight is 239 g/mol. The van der Waals surface area contributed by atoms with E-state index in [1.807, 2.05) is 0 Å². The second-order valence-corrected chi connectivity index (χ2v) is 4.75. The van der Waals surface area contributed by atoms with Gasteiger partial charge >= 0.3 is 5.97 Å². The van der Waals surface area contributed by atoms with Crippen molar-refractivity contribution in [3.05, 3.63) is 11.1 Å².